The quantitative estimate of drug-likeness (QED) is 0.562. The van der Waals surface area contributed by atoms with Gasteiger partial charge >= 0.3 is 0 Å². The van der Waals surface area contributed by atoms with E-state index in [4.69, 9.17) is 0 Å². The molecule has 0 unspecified atom stereocenters. The number of H-pyrrole nitrogens is 1. The van der Waals surface area contributed by atoms with Crippen LogP contribution >= 0.6 is 0 Å². The molecule has 22 heavy (non-hydrogen) atoms. The summed E-state index contributed by atoms with van der Waals surface area (Å²) in [7, 11) is 0. The van der Waals surface area contributed by atoms with Crippen molar-refractivity contribution in [2.45, 2.75) is 0 Å². The van der Waals surface area contributed by atoms with Gasteiger partial charge in [-0.2, -0.15) is 10.2 Å². The minimum atomic E-state index is -0.476. The highest BCUT2D eigenvalue weighted by atomic mass is 16.6. The zero-order valence-corrected chi connectivity index (χ0v) is 11.1. The van der Waals surface area contributed by atoms with Gasteiger partial charge in [-0.05, 0) is 18.2 Å². The first kappa shape index (κ1) is 13.5. The second-order valence-corrected chi connectivity index (χ2v) is 4.34. The van der Waals surface area contributed by atoms with E-state index in [2.05, 4.69) is 20.6 Å². The van der Waals surface area contributed by atoms with Gasteiger partial charge in [-0.15, -0.1) is 0 Å². The van der Waals surface area contributed by atoms with Crippen molar-refractivity contribution >= 4 is 17.4 Å². The number of amides is 1. The maximum absolute atomic E-state index is 12.0. The third-order valence-electron chi connectivity index (χ3n) is 2.90. The molecule has 2 aromatic heterocycles. The Labute approximate surface area is 123 Å². The molecule has 0 saturated heterocycles. The lowest BCUT2D eigenvalue weighted by molar-refractivity contribution is -0.384. The van der Waals surface area contributed by atoms with Crippen molar-refractivity contribution in [2.75, 3.05) is 5.32 Å². The molecule has 0 atom stereocenters. The topological polar surface area (TPSA) is 119 Å². The van der Waals surface area contributed by atoms with E-state index in [0.717, 1.165) is 0 Å². The largest absolute Gasteiger partial charge is 0.306 e. The van der Waals surface area contributed by atoms with Crippen LogP contribution in [0.1, 0.15) is 10.5 Å². The fourth-order valence-electron chi connectivity index (χ4n) is 1.83. The van der Waals surface area contributed by atoms with Gasteiger partial charge in [-0.1, -0.05) is 0 Å². The lowest BCUT2D eigenvalue weighted by Gasteiger charge is -2.01. The Kier molecular flexibility index (Phi) is 3.36. The summed E-state index contributed by atoms with van der Waals surface area (Å²) in [5.74, 6) is 0.0831. The molecule has 0 radical (unpaired) electrons. The predicted molar refractivity (Wildman–Crippen MR) is 76.8 cm³/mol. The molecule has 0 bridgehead atoms. The normalized spacial score (nSPS) is 10.4. The maximum atomic E-state index is 12.0. The average molecular weight is 298 g/mol. The van der Waals surface area contributed by atoms with Gasteiger partial charge < -0.3 is 5.32 Å². The molecule has 1 amide bonds. The Morgan fingerprint density at radius 2 is 2.00 bits per heavy atom. The second-order valence-electron chi connectivity index (χ2n) is 4.34. The van der Waals surface area contributed by atoms with Gasteiger partial charge in [0.25, 0.3) is 11.6 Å². The number of nitrogens with zero attached hydrogens (tertiary/aromatic N) is 4. The molecule has 0 aliphatic rings. The van der Waals surface area contributed by atoms with Gasteiger partial charge in [0.05, 0.1) is 16.8 Å². The Morgan fingerprint density at radius 1 is 1.23 bits per heavy atom. The number of non-ortho nitro benzene ring substituents is 1. The van der Waals surface area contributed by atoms with Crippen molar-refractivity contribution in [1.82, 2.24) is 20.0 Å². The van der Waals surface area contributed by atoms with E-state index in [9.17, 15) is 14.9 Å². The summed E-state index contributed by atoms with van der Waals surface area (Å²) in [6.07, 6.45) is 3.12. The third kappa shape index (κ3) is 2.68. The number of aromatic nitrogens is 4. The minimum absolute atomic E-state index is 0.00637. The van der Waals surface area contributed by atoms with E-state index in [0.29, 0.717) is 11.5 Å². The number of anilines is 1. The van der Waals surface area contributed by atoms with E-state index in [1.807, 2.05) is 0 Å². The molecule has 3 rings (SSSR count). The van der Waals surface area contributed by atoms with Gasteiger partial charge in [0, 0.05) is 24.4 Å². The predicted octanol–water partition coefficient (Wildman–Crippen LogP) is 1.76. The number of nitro groups is 1. The molecule has 9 heteroatoms. The fourth-order valence-corrected chi connectivity index (χ4v) is 1.83. The van der Waals surface area contributed by atoms with Crippen LogP contribution in [0.3, 0.4) is 0 Å². The van der Waals surface area contributed by atoms with Crippen LogP contribution in [0.5, 0.6) is 0 Å². The molecule has 0 aliphatic carbocycles. The monoisotopic (exact) mass is 298 g/mol. The van der Waals surface area contributed by atoms with E-state index < -0.39 is 4.92 Å². The number of nitro benzene ring substituents is 1. The van der Waals surface area contributed by atoms with Gasteiger partial charge in [0.15, 0.2) is 5.69 Å². The number of hydrogen-bond acceptors (Lipinski definition) is 5. The zero-order chi connectivity index (χ0) is 15.5. The first-order valence-electron chi connectivity index (χ1n) is 6.25. The molecule has 2 heterocycles. The number of rotatable bonds is 4. The lowest BCUT2D eigenvalue weighted by Crippen LogP contribution is -2.13. The molecule has 0 aliphatic heterocycles. The van der Waals surface area contributed by atoms with Crippen molar-refractivity contribution in [3.05, 3.63) is 64.6 Å². The van der Waals surface area contributed by atoms with Crippen molar-refractivity contribution in [3.63, 3.8) is 0 Å². The summed E-state index contributed by atoms with van der Waals surface area (Å²) in [5, 5.41) is 23.7. The Hall–Kier alpha value is -3.49. The molecular weight excluding hydrogens is 288 g/mol. The molecule has 1 aromatic carbocycles. The number of hydrogen-bond donors (Lipinski definition) is 2. The summed E-state index contributed by atoms with van der Waals surface area (Å²) in [6.45, 7) is 0. The number of carbonyl (C=O) groups excluding carboxylic acids is 1. The van der Waals surface area contributed by atoms with Crippen LogP contribution in [0, 0.1) is 10.1 Å². The lowest BCUT2D eigenvalue weighted by atomic mass is 10.3. The smallest absolute Gasteiger partial charge is 0.277 e. The van der Waals surface area contributed by atoms with Gasteiger partial charge in [0.1, 0.15) is 5.82 Å². The Bertz CT molecular complexity index is 807. The van der Waals surface area contributed by atoms with Crippen molar-refractivity contribution in [2.24, 2.45) is 0 Å². The molecule has 3 aromatic rings. The van der Waals surface area contributed by atoms with Gasteiger partial charge in [-0.3, -0.25) is 20.0 Å². The SMILES string of the molecule is O=C(Nc1ccn[nH]1)c1ccn(-c2ccc([N+](=O)[O-])cc2)n1. The molecule has 110 valence electrons. The van der Waals surface area contributed by atoms with Gasteiger partial charge in [-0.25, -0.2) is 4.68 Å². The number of carbonyl (C=O) groups is 1. The van der Waals surface area contributed by atoms with Crippen LogP contribution in [0.25, 0.3) is 5.69 Å². The van der Waals surface area contributed by atoms with Crippen LogP contribution in [-0.2, 0) is 0 Å². The highest BCUT2D eigenvalue weighted by Crippen LogP contribution is 2.15. The summed E-state index contributed by atoms with van der Waals surface area (Å²) < 4.78 is 1.46. The standard InChI is InChI=1S/C13H10N6O3/c20-13(15-12-5-7-14-16-12)11-6-8-18(17-11)9-1-3-10(4-2-9)19(21)22/h1-8H,(H2,14,15,16,20). The van der Waals surface area contributed by atoms with Crippen molar-refractivity contribution < 1.29 is 9.72 Å². The second kappa shape index (κ2) is 5.48. The first-order valence-corrected chi connectivity index (χ1v) is 6.25. The molecule has 0 saturated carbocycles. The highest BCUT2D eigenvalue weighted by molar-refractivity contribution is 6.02. The Balaban J connectivity index is 1.78. The number of nitrogens with one attached hydrogen (secondary N) is 2. The number of aromatic amines is 1. The van der Waals surface area contributed by atoms with Crippen LogP contribution in [0.4, 0.5) is 11.5 Å². The summed E-state index contributed by atoms with van der Waals surface area (Å²) in [5.41, 5.74) is 0.826. The number of benzene rings is 1. The average Bonchev–Trinajstić information content (AvgIpc) is 3.18. The third-order valence-corrected chi connectivity index (χ3v) is 2.90. The van der Waals surface area contributed by atoms with Crippen LogP contribution < -0.4 is 5.32 Å². The van der Waals surface area contributed by atoms with Crippen LogP contribution in [0.15, 0.2) is 48.8 Å². The minimum Gasteiger partial charge on any atom is -0.306 e. The summed E-state index contributed by atoms with van der Waals surface area (Å²) in [4.78, 5) is 22.1. The van der Waals surface area contributed by atoms with Crippen molar-refractivity contribution in [3.8, 4) is 5.69 Å². The molecule has 9 nitrogen and oxygen atoms in total. The van der Waals surface area contributed by atoms with E-state index >= 15 is 0 Å². The summed E-state index contributed by atoms with van der Waals surface area (Å²) in [6, 6.07) is 9.03. The van der Waals surface area contributed by atoms with E-state index in [1.165, 1.54) is 23.0 Å². The van der Waals surface area contributed by atoms with E-state index in [-0.39, 0.29) is 17.3 Å². The Morgan fingerprint density at radius 3 is 2.64 bits per heavy atom. The van der Waals surface area contributed by atoms with Crippen LogP contribution in [0.2, 0.25) is 0 Å². The highest BCUT2D eigenvalue weighted by Gasteiger charge is 2.12. The molecule has 0 fully saturated rings. The van der Waals surface area contributed by atoms with E-state index in [1.54, 1.807) is 30.5 Å². The molecule has 0 spiro atoms. The summed E-state index contributed by atoms with van der Waals surface area (Å²) >= 11 is 0. The maximum Gasteiger partial charge on any atom is 0.277 e. The van der Waals surface area contributed by atoms with Crippen molar-refractivity contribution in [1.29, 1.82) is 0 Å². The fraction of sp³-hybridized carbons (Fsp3) is 0. The zero-order valence-electron chi connectivity index (χ0n) is 11.1. The van der Waals surface area contributed by atoms with Crippen LogP contribution in [-0.4, -0.2) is 30.8 Å². The molecular formula is C13H10N6O3. The first-order chi connectivity index (χ1) is 10.6. The molecule has 2 N–H and O–H groups in total. The van der Waals surface area contributed by atoms with Gasteiger partial charge in [0.2, 0.25) is 0 Å².